The Balaban J connectivity index is 1.44. The van der Waals surface area contributed by atoms with E-state index in [0.29, 0.717) is 31.8 Å². The van der Waals surface area contributed by atoms with Crippen molar-refractivity contribution < 1.29 is 19.1 Å². The number of benzene rings is 1. The second-order valence-corrected chi connectivity index (χ2v) is 13.0. The Kier molecular flexibility index (Phi) is 13.4. The molecule has 0 radical (unpaired) electrons. The fourth-order valence-electron chi connectivity index (χ4n) is 4.86. The van der Waals surface area contributed by atoms with Gasteiger partial charge in [-0.1, -0.05) is 45.2 Å². The van der Waals surface area contributed by atoms with Crippen molar-refractivity contribution in [3.63, 3.8) is 0 Å². The number of nitrogens with zero attached hydrogens (tertiary/aromatic N) is 3. The van der Waals surface area contributed by atoms with Gasteiger partial charge in [-0.3, -0.25) is 9.59 Å². The molecule has 3 rings (SSSR count). The molecule has 10 heteroatoms. The van der Waals surface area contributed by atoms with E-state index in [1.165, 1.54) is 0 Å². The zero-order valence-corrected chi connectivity index (χ0v) is 27.3. The molecule has 0 saturated carbocycles. The summed E-state index contributed by atoms with van der Waals surface area (Å²) in [5.74, 6) is 0.563. The predicted molar refractivity (Wildman–Crippen MR) is 169 cm³/mol. The number of rotatable bonds is 17. The molecule has 1 atom stereocenters. The molecule has 240 valence electrons. The summed E-state index contributed by atoms with van der Waals surface area (Å²) in [6.45, 7) is 13.3. The number of carbonyl (C=O) groups is 2. The molecule has 1 unspecified atom stereocenters. The molecule has 1 aromatic heterocycles. The lowest BCUT2D eigenvalue weighted by atomic mass is 9.87. The first-order valence-electron chi connectivity index (χ1n) is 16.0. The fraction of sp³-hybridized carbons (Fsp3) is 0.697. The van der Waals surface area contributed by atoms with E-state index >= 15 is 0 Å². The SMILES string of the molecule is CCC(C)(C)CCOc1ccc(C(=O)NCCCn2nnc3c2CCCCCC3OCC(=O)NCCC(C)(C)NC)cc1. The number of fused-ring (bicyclic) bond motifs is 1. The highest BCUT2D eigenvalue weighted by molar-refractivity contribution is 5.94. The topological polar surface area (TPSA) is 119 Å². The molecule has 0 bridgehead atoms. The Labute approximate surface area is 258 Å². The van der Waals surface area contributed by atoms with E-state index in [1.807, 2.05) is 23.9 Å². The van der Waals surface area contributed by atoms with Crippen molar-refractivity contribution in [1.29, 1.82) is 0 Å². The van der Waals surface area contributed by atoms with E-state index in [-0.39, 0.29) is 35.5 Å². The third-order valence-electron chi connectivity index (χ3n) is 8.67. The summed E-state index contributed by atoms with van der Waals surface area (Å²) in [6, 6.07) is 7.32. The number of amides is 2. The lowest BCUT2D eigenvalue weighted by Gasteiger charge is -2.24. The van der Waals surface area contributed by atoms with Crippen molar-refractivity contribution >= 4 is 11.8 Å². The summed E-state index contributed by atoms with van der Waals surface area (Å²) >= 11 is 0. The summed E-state index contributed by atoms with van der Waals surface area (Å²) in [6.07, 6.45) is 8.32. The summed E-state index contributed by atoms with van der Waals surface area (Å²) in [5.41, 5.74) is 2.76. The van der Waals surface area contributed by atoms with Crippen LogP contribution >= 0.6 is 0 Å². The molecule has 1 aliphatic carbocycles. The van der Waals surface area contributed by atoms with Gasteiger partial charge in [0.2, 0.25) is 5.91 Å². The van der Waals surface area contributed by atoms with E-state index < -0.39 is 0 Å². The minimum absolute atomic E-state index is 0.00706. The van der Waals surface area contributed by atoms with Crippen molar-refractivity contribution in [2.45, 2.75) is 111 Å². The zero-order chi connectivity index (χ0) is 31.3. The maximum absolute atomic E-state index is 12.7. The zero-order valence-electron chi connectivity index (χ0n) is 27.3. The highest BCUT2D eigenvalue weighted by atomic mass is 16.5. The maximum Gasteiger partial charge on any atom is 0.251 e. The Morgan fingerprint density at radius 1 is 1.02 bits per heavy atom. The van der Waals surface area contributed by atoms with Crippen molar-refractivity contribution in [2.24, 2.45) is 5.41 Å². The number of ether oxygens (including phenoxy) is 2. The summed E-state index contributed by atoms with van der Waals surface area (Å²) in [5, 5.41) is 18.1. The van der Waals surface area contributed by atoms with Gasteiger partial charge in [0.15, 0.2) is 0 Å². The van der Waals surface area contributed by atoms with Crippen molar-refractivity contribution in [3.8, 4) is 5.75 Å². The Bertz CT molecular complexity index is 1140. The van der Waals surface area contributed by atoms with Crippen LogP contribution in [0.3, 0.4) is 0 Å². The average Bonchev–Trinajstić information content (AvgIpc) is 3.36. The van der Waals surface area contributed by atoms with Crippen molar-refractivity contribution in [1.82, 2.24) is 30.9 Å². The normalized spacial score (nSPS) is 15.7. The Morgan fingerprint density at radius 3 is 2.51 bits per heavy atom. The van der Waals surface area contributed by atoms with Gasteiger partial charge < -0.3 is 25.4 Å². The molecule has 3 N–H and O–H groups in total. The van der Waals surface area contributed by atoms with Crippen LogP contribution in [-0.2, 0) is 22.5 Å². The van der Waals surface area contributed by atoms with Crippen molar-refractivity contribution in [2.75, 3.05) is 33.4 Å². The Hall–Kier alpha value is -2.98. The van der Waals surface area contributed by atoms with Gasteiger partial charge in [-0.25, -0.2) is 4.68 Å². The molecule has 0 saturated heterocycles. The Morgan fingerprint density at radius 2 is 1.79 bits per heavy atom. The van der Waals surface area contributed by atoms with Crippen LogP contribution in [0.5, 0.6) is 5.75 Å². The van der Waals surface area contributed by atoms with Gasteiger partial charge in [-0.2, -0.15) is 0 Å². The predicted octanol–water partition coefficient (Wildman–Crippen LogP) is 4.98. The van der Waals surface area contributed by atoms with Crippen LogP contribution in [0, 0.1) is 5.41 Å². The molecule has 1 aromatic carbocycles. The molecule has 0 fully saturated rings. The second kappa shape index (κ2) is 16.8. The maximum atomic E-state index is 12.7. The molecular weight excluding hydrogens is 544 g/mol. The minimum atomic E-state index is -0.242. The van der Waals surface area contributed by atoms with E-state index in [4.69, 9.17) is 9.47 Å². The standard InChI is InChI=1S/C33H54N6O4/c1-7-32(2,3)19-23-42-26-16-14-25(15-17-26)31(41)36-20-11-22-39-27-12-9-8-10-13-28(30(27)37-38-39)43-24-29(40)35-21-18-33(4,5)34-6/h14-17,28,34H,7-13,18-24H2,1-6H3,(H,35,40)(H,36,41). The van der Waals surface area contributed by atoms with Gasteiger partial charge in [0.25, 0.3) is 5.91 Å². The van der Waals surface area contributed by atoms with E-state index in [1.54, 1.807) is 12.1 Å². The molecule has 0 aliphatic heterocycles. The van der Waals surface area contributed by atoms with Crippen LogP contribution in [0.15, 0.2) is 24.3 Å². The molecule has 0 spiro atoms. The van der Waals surface area contributed by atoms with Gasteiger partial charge in [-0.15, -0.1) is 5.10 Å². The number of hydrogen-bond donors (Lipinski definition) is 3. The third kappa shape index (κ3) is 11.6. The molecule has 43 heavy (non-hydrogen) atoms. The summed E-state index contributed by atoms with van der Waals surface area (Å²) in [4.78, 5) is 25.1. The van der Waals surface area contributed by atoms with E-state index in [2.05, 4.69) is 60.9 Å². The molecule has 10 nitrogen and oxygen atoms in total. The molecular formula is C33H54N6O4. The second-order valence-electron chi connectivity index (χ2n) is 13.0. The highest BCUT2D eigenvalue weighted by Crippen LogP contribution is 2.29. The van der Waals surface area contributed by atoms with Gasteiger partial charge in [0, 0.05) is 30.7 Å². The largest absolute Gasteiger partial charge is 0.494 e. The number of aryl methyl sites for hydroxylation is 1. The molecule has 1 aliphatic rings. The molecule has 1 heterocycles. The van der Waals surface area contributed by atoms with Crippen LogP contribution in [0.4, 0.5) is 0 Å². The first kappa shape index (κ1) is 34.5. The van der Waals surface area contributed by atoms with Crippen LogP contribution in [0.1, 0.15) is 114 Å². The van der Waals surface area contributed by atoms with Crippen LogP contribution in [0.25, 0.3) is 0 Å². The fourth-order valence-corrected chi connectivity index (χ4v) is 4.86. The first-order chi connectivity index (χ1) is 20.5. The van der Waals surface area contributed by atoms with Gasteiger partial charge in [0.1, 0.15) is 24.2 Å². The number of aromatic nitrogens is 3. The minimum Gasteiger partial charge on any atom is -0.494 e. The molecule has 2 aromatic rings. The van der Waals surface area contributed by atoms with E-state index in [0.717, 1.165) is 74.9 Å². The van der Waals surface area contributed by atoms with Crippen molar-refractivity contribution in [3.05, 3.63) is 41.2 Å². The summed E-state index contributed by atoms with van der Waals surface area (Å²) in [7, 11) is 1.92. The highest BCUT2D eigenvalue weighted by Gasteiger charge is 2.25. The lowest BCUT2D eigenvalue weighted by molar-refractivity contribution is -0.128. The van der Waals surface area contributed by atoms with E-state index in [9.17, 15) is 9.59 Å². The van der Waals surface area contributed by atoms with Crippen LogP contribution in [0.2, 0.25) is 0 Å². The number of nitrogens with one attached hydrogen (secondary N) is 3. The number of carbonyl (C=O) groups excluding carboxylic acids is 2. The first-order valence-corrected chi connectivity index (χ1v) is 16.0. The van der Waals surface area contributed by atoms with Gasteiger partial charge in [-0.05, 0) is 89.1 Å². The van der Waals surface area contributed by atoms with Crippen LogP contribution < -0.4 is 20.7 Å². The quantitative estimate of drug-likeness (QED) is 0.220. The lowest BCUT2D eigenvalue weighted by Crippen LogP contribution is -2.40. The molecule has 2 amide bonds. The van der Waals surface area contributed by atoms with Gasteiger partial charge >= 0.3 is 0 Å². The summed E-state index contributed by atoms with van der Waals surface area (Å²) < 4.78 is 13.9. The van der Waals surface area contributed by atoms with Gasteiger partial charge in [0.05, 0.1) is 12.3 Å². The number of hydrogen-bond acceptors (Lipinski definition) is 7. The smallest absolute Gasteiger partial charge is 0.251 e. The monoisotopic (exact) mass is 598 g/mol. The van der Waals surface area contributed by atoms with Crippen LogP contribution in [-0.4, -0.2) is 65.7 Å². The average molecular weight is 599 g/mol. The third-order valence-corrected chi connectivity index (χ3v) is 8.67.